The predicted octanol–water partition coefficient (Wildman–Crippen LogP) is 0.891. The number of carbonyl (C=O) groups excluding carboxylic acids is 3. The van der Waals surface area contributed by atoms with Crippen LogP contribution in [0, 0.1) is 5.41 Å². The number of barbiturate groups is 1. The smallest absolute Gasteiger partial charge is 0.277 e. The quantitative estimate of drug-likeness (QED) is 0.706. The Bertz CT molecular complexity index is 314. The van der Waals surface area contributed by atoms with Crippen LogP contribution in [0.2, 0.25) is 0 Å². The van der Waals surface area contributed by atoms with Crippen molar-refractivity contribution in [2.24, 2.45) is 5.41 Å². The maximum Gasteiger partial charge on any atom is 0.330 e. The van der Waals surface area contributed by atoms with Gasteiger partial charge in [-0.05, 0) is 13.3 Å². The van der Waals surface area contributed by atoms with Gasteiger partial charge in [-0.15, -0.1) is 0 Å². The molecule has 1 saturated heterocycles. The number of hydrogen-bond donors (Lipinski definition) is 1. The Kier molecular flexibility index (Phi) is 3.12. The molecule has 0 aromatic heterocycles. The summed E-state index contributed by atoms with van der Waals surface area (Å²) in [6, 6.07) is -0.640. The fourth-order valence-corrected chi connectivity index (χ4v) is 1.63. The van der Waals surface area contributed by atoms with Crippen LogP contribution in [0.4, 0.5) is 4.79 Å². The van der Waals surface area contributed by atoms with E-state index in [1.54, 1.807) is 6.92 Å². The molecule has 0 unspecified atom stereocenters. The van der Waals surface area contributed by atoms with Crippen LogP contribution in [-0.4, -0.2) is 29.8 Å². The molecule has 1 fully saturated rings. The van der Waals surface area contributed by atoms with Gasteiger partial charge in [-0.1, -0.05) is 19.8 Å². The Labute approximate surface area is 88.8 Å². The van der Waals surface area contributed by atoms with E-state index in [2.05, 4.69) is 5.32 Å². The van der Waals surface area contributed by atoms with Crippen molar-refractivity contribution in [1.82, 2.24) is 10.2 Å². The number of nitrogens with one attached hydrogen (secondary N) is 1. The first-order chi connectivity index (χ1) is 6.93. The summed E-state index contributed by atoms with van der Waals surface area (Å²) < 4.78 is 0. The minimum absolute atomic E-state index is 0.412. The van der Waals surface area contributed by atoms with Crippen molar-refractivity contribution in [3.05, 3.63) is 0 Å². The van der Waals surface area contributed by atoms with Crippen LogP contribution in [0.3, 0.4) is 0 Å². The predicted molar refractivity (Wildman–Crippen MR) is 53.9 cm³/mol. The molecule has 5 heteroatoms. The van der Waals surface area contributed by atoms with Crippen molar-refractivity contribution in [3.63, 3.8) is 0 Å². The zero-order chi connectivity index (χ0) is 11.6. The molecule has 0 aromatic carbocycles. The molecule has 1 aliphatic rings. The zero-order valence-electron chi connectivity index (χ0n) is 9.29. The van der Waals surface area contributed by atoms with Crippen molar-refractivity contribution < 1.29 is 14.4 Å². The summed E-state index contributed by atoms with van der Waals surface area (Å²) in [6.45, 7) is 3.58. The normalized spacial score (nSPS) is 26.9. The first-order valence-electron chi connectivity index (χ1n) is 5.07. The van der Waals surface area contributed by atoms with Gasteiger partial charge < -0.3 is 0 Å². The van der Waals surface area contributed by atoms with Crippen LogP contribution < -0.4 is 5.32 Å². The molecule has 4 amide bonds. The molecule has 84 valence electrons. The molecule has 0 bridgehead atoms. The summed E-state index contributed by atoms with van der Waals surface area (Å²) in [5.74, 6) is -0.895. The molecule has 0 radical (unpaired) electrons. The fraction of sp³-hybridized carbons (Fsp3) is 0.700. The van der Waals surface area contributed by atoms with E-state index in [-0.39, 0.29) is 0 Å². The molecule has 1 aliphatic heterocycles. The third kappa shape index (κ3) is 1.86. The minimum Gasteiger partial charge on any atom is -0.277 e. The largest absolute Gasteiger partial charge is 0.330 e. The Morgan fingerprint density at radius 2 is 1.93 bits per heavy atom. The number of unbranched alkanes of at least 4 members (excludes halogenated alkanes) is 1. The van der Waals surface area contributed by atoms with Gasteiger partial charge in [0.25, 0.3) is 0 Å². The van der Waals surface area contributed by atoms with Crippen molar-refractivity contribution in [3.8, 4) is 0 Å². The van der Waals surface area contributed by atoms with Crippen LogP contribution in [0.1, 0.15) is 33.1 Å². The third-order valence-corrected chi connectivity index (χ3v) is 2.83. The SMILES string of the molecule is CCCC[C@]1(C)C(=O)NC(=O)N(C)C1=O. The van der Waals surface area contributed by atoms with Gasteiger partial charge in [0.05, 0.1) is 0 Å². The Morgan fingerprint density at radius 1 is 1.33 bits per heavy atom. The first kappa shape index (κ1) is 11.7. The van der Waals surface area contributed by atoms with E-state index < -0.39 is 23.3 Å². The second-order valence-electron chi connectivity index (χ2n) is 4.06. The first-order valence-corrected chi connectivity index (χ1v) is 5.07. The van der Waals surface area contributed by atoms with E-state index >= 15 is 0 Å². The Balaban J connectivity index is 2.91. The van der Waals surface area contributed by atoms with Crippen molar-refractivity contribution in [2.75, 3.05) is 7.05 Å². The van der Waals surface area contributed by atoms with E-state index in [1.807, 2.05) is 6.92 Å². The number of urea groups is 1. The van der Waals surface area contributed by atoms with Gasteiger partial charge in [0.15, 0.2) is 0 Å². The summed E-state index contributed by atoms with van der Waals surface area (Å²) in [6.07, 6.45) is 2.18. The summed E-state index contributed by atoms with van der Waals surface area (Å²) in [5, 5.41) is 2.19. The number of carbonyl (C=O) groups is 3. The number of imide groups is 2. The van der Waals surface area contributed by atoms with E-state index in [9.17, 15) is 14.4 Å². The van der Waals surface area contributed by atoms with Gasteiger partial charge in [0.2, 0.25) is 11.8 Å². The van der Waals surface area contributed by atoms with Gasteiger partial charge in [0, 0.05) is 7.05 Å². The molecule has 0 aromatic rings. The molecule has 15 heavy (non-hydrogen) atoms. The molecule has 1 rings (SSSR count). The second-order valence-corrected chi connectivity index (χ2v) is 4.06. The molecular formula is C10H16N2O3. The van der Waals surface area contributed by atoms with Crippen molar-refractivity contribution in [1.29, 1.82) is 0 Å². The van der Waals surface area contributed by atoms with Crippen molar-refractivity contribution >= 4 is 17.8 Å². The van der Waals surface area contributed by atoms with Gasteiger partial charge >= 0.3 is 6.03 Å². The fourth-order valence-electron chi connectivity index (χ4n) is 1.63. The van der Waals surface area contributed by atoms with Gasteiger partial charge in [-0.2, -0.15) is 0 Å². The van der Waals surface area contributed by atoms with E-state index in [1.165, 1.54) is 7.05 Å². The number of amides is 4. The highest BCUT2D eigenvalue weighted by Gasteiger charge is 2.48. The summed E-state index contributed by atoms with van der Waals surface area (Å²) in [5.41, 5.74) is -1.08. The summed E-state index contributed by atoms with van der Waals surface area (Å²) in [4.78, 5) is 35.5. The summed E-state index contributed by atoms with van der Waals surface area (Å²) in [7, 11) is 1.38. The number of rotatable bonds is 3. The zero-order valence-corrected chi connectivity index (χ0v) is 9.29. The van der Waals surface area contributed by atoms with E-state index in [4.69, 9.17) is 0 Å². The van der Waals surface area contributed by atoms with Gasteiger partial charge in [0.1, 0.15) is 5.41 Å². The lowest BCUT2D eigenvalue weighted by atomic mass is 9.81. The van der Waals surface area contributed by atoms with E-state index in [0.29, 0.717) is 6.42 Å². The van der Waals surface area contributed by atoms with Crippen molar-refractivity contribution in [2.45, 2.75) is 33.1 Å². The number of nitrogens with zero attached hydrogens (tertiary/aromatic N) is 1. The minimum atomic E-state index is -1.08. The van der Waals surface area contributed by atoms with Crippen LogP contribution in [0.15, 0.2) is 0 Å². The van der Waals surface area contributed by atoms with Crippen LogP contribution in [0.5, 0.6) is 0 Å². The van der Waals surface area contributed by atoms with Crippen LogP contribution >= 0.6 is 0 Å². The maximum absolute atomic E-state index is 11.8. The molecule has 0 aliphatic carbocycles. The highest BCUT2D eigenvalue weighted by Crippen LogP contribution is 2.29. The molecule has 0 saturated carbocycles. The lowest BCUT2D eigenvalue weighted by Crippen LogP contribution is -2.61. The average molecular weight is 212 g/mol. The lowest BCUT2D eigenvalue weighted by Gasteiger charge is -2.35. The molecule has 0 spiro atoms. The Hall–Kier alpha value is -1.39. The molecule has 1 heterocycles. The highest BCUT2D eigenvalue weighted by molar-refractivity contribution is 6.18. The van der Waals surface area contributed by atoms with Crippen LogP contribution in [-0.2, 0) is 9.59 Å². The topological polar surface area (TPSA) is 66.5 Å². The van der Waals surface area contributed by atoms with E-state index in [0.717, 1.165) is 17.7 Å². The maximum atomic E-state index is 11.8. The summed E-state index contributed by atoms with van der Waals surface area (Å²) >= 11 is 0. The average Bonchev–Trinajstić information content (AvgIpc) is 2.21. The van der Waals surface area contributed by atoms with Crippen LogP contribution in [0.25, 0.3) is 0 Å². The molecule has 5 nitrogen and oxygen atoms in total. The number of hydrogen-bond acceptors (Lipinski definition) is 3. The van der Waals surface area contributed by atoms with Gasteiger partial charge in [-0.25, -0.2) is 4.79 Å². The Morgan fingerprint density at radius 3 is 2.47 bits per heavy atom. The standard InChI is InChI=1S/C10H16N2O3/c1-4-5-6-10(2)7(13)11-9(15)12(3)8(10)14/h4-6H2,1-3H3,(H,11,13,15)/t10-/m1/s1. The monoisotopic (exact) mass is 212 g/mol. The third-order valence-electron chi connectivity index (χ3n) is 2.83. The molecule has 1 N–H and O–H groups in total. The molecule has 1 atom stereocenters. The molecular weight excluding hydrogens is 196 g/mol. The van der Waals surface area contributed by atoms with Gasteiger partial charge in [-0.3, -0.25) is 19.8 Å². The highest BCUT2D eigenvalue weighted by atomic mass is 16.2. The second kappa shape index (κ2) is 4.00. The lowest BCUT2D eigenvalue weighted by molar-refractivity contribution is -0.149.